The van der Waals surface area contributed by atoms with Crippen LogP contribution in [0.5, 0.6) is 11.5 Å². The van der Waals surface area contributed by atoms with Crippen LogP contribution in [0, 0.1) is 0 Å². The molecule has 0 aliphatic heterocycles. The molecule has 1 aromatic rings. The molecule has 0 spiro atoms. The summed E-state index contributed by atoms with van der Waals surface area (Å²) in [7, 11) is 1.51. The fourth-order valence-electron chi connectivity index (χ4n) is 2.75. The zero-order valence-electron chi connectivity index (χ0n) is 11.7. The van der Waals surface area contributed by atoms with Gasteiger partial charge in [0.05, 0.1) is 19.3 Å². The molecule has 0 saturated heterocycles. The number of aliphatic hydroxyl groups excluding tert-OH is 1. The van der Waals surface area contributed by atoms with Gasteiger partial charge in [0.1, 0.15) is 11.5 Å². The predicted molar refractivity (Wildman–Crippen MR) is 75.0 cm³/mol. The first kappa shape index (κ1) is 14.7. The van der Waals surface area contributed by atoms with E-state index in [1.54, 1.807) is 17.0 Å². The Bertz CT molecular complexity index is 469. The molecule has 5 nitrogen and oxygen atoms in total. The molecule has 0 bridgehead atoms. The van der Waals surface area contributed by atoms with Gasteiger partial charge in [0.15, 0.2) is 0 Å². The maximum Gasteiger partial charge on any atom is 0.257 e. The van der Waals surface area contributed by atoms with Crippen molar-refractivity contribution in [2.75, 3.05) is 20.3 Å². The second kappa shape index (κ2) is 6.61. The molecule has 1 saturated carbocycles. The van der Waals surface area contributed by atoms with Crippen molar-refractivity contribution < 1.29 is 19.7 Å². The van der Waals surface area contributed by atoms with Crippen LogP contribution in [-0.4, -0.2) is 47.3 Å². The summed E-state index contributed by atoms with van der Waals surface area (Å²) < 4.78 is 5.01. The number of hydrogen-bond donors (Lipinski definition) is 2. The second-order valence-corrected chi connectivity index (χ2v) is 5.04. The molecule has 2 rings (SSSR count). The maximum atomic E-state index is 12.6. The van der Waals surface area contributed by atoms with E-state index in [2.05, 4.69) is 0 Å². The number of ether oxygens (including phenoxy) is 1. The van der Waals surface area contributed by atoms with E-state index in [0.29, 0.717) is 12.3 Å². The molecule has 0 unspecified atom stereocenters. The molecule has 1 aromatic carbocycles. The summed E-state index contributed by atoms with van der Waals surface area (Å²) in [5.74, 6) is 0.190. The molecular formula is C15H21NO4. The average Bonchev–Trinajstić information content (AvgIpc) is 2.97. The number of aliphatic hydroxyl groups is 1. The molecule has 5 heteroatoms. The largest absolute Gasteiger partial charge is 0.507 e. The number of aromatic hydroxyl groups is 1. The topological polar surface area (TPSA) is 70.0 Å². The van der Waals surface area contributed by atoms with Crippen LogP contribution >= 0.6 is 0 Å². The monoisotopic (exact) mass is 279 g/mol. The Labute approximate surface area is 118 Å². The van der Waals surface area contributed by atoms with Crippen molar-refractivity contribution in [2.45, 2.75) is 31.7 Å². The summed E-state index contributed by atoms with van der Waals surface area (Å²) in [5.41, 5.74) is 0.256. The summed E-state index contributed by atoms with van der Waals surface area (Å²) in [6.45, 7) is 0.230. The molecular weight excluding hydrogens is 258 g/mol. The highest BCUT2D eigenvalue weighted by Crippen LogP contribution is 2.28. The van der Waals surface area contributed by atoms with E-state index >= 15 is 0 Å². The van der Waals surface area contributed by atoms with Gasteiger partial charge >= 0.3 is 0 Å². The van der Waals surface area contributed by atoms with E-state index < -0.39 is 0 Å². The van der Waals surface area contributed by atoms with E-state index in [-0.39, 0.29) is 29.9 Å². The van der Waals surface area contributed by atoms with Crippen LogP contribution in [0.15, 0.2) is 18.2 Å². The molecule has 20 heavy (non-hydrogen) atoms. The lowest BCUT2D eigenvalue weighted by molar-refractivity contribution is 0.0635. The van der Waals surface area contributed by atoms with E-state index in [1.807, 2.05) is 0 Å². The minimum Gasteiger partial charge on any atom is -0.507 e. The standard InChI is InChI=1S/C15H21NO4/c1-20-12-6-7-13(14(18)10-12)15(19)16(8-9-17)11-4-2-3-5-11/h6-7,10-11,17-18H,2-5,8-9H2,1H3. The minimum atomic E-state index is -0.230. The number of carbonyl (C=O) groups excluding carboxylic acids is 1. The van der Waals surface area contributed by atoms with Crippen LogP contribution in [0.2, 0.25) is 0 Å². The summed E-state index contributed by atoms with van der Waals surface area (Å²) in [5, 5.41) is 19.1. The van der Waals surface area contributed by atoms with Crippen molar-refractivity contribution in [3.8, 4) is 11.5 Å². The number of methoxy groups -OCH3 is 1. The van der Waals surface area contributed by atoms with Crippen LogP contribution in [0.4, 0.5) is 0 Å². The van der Waals surface area contributed by atoms with Crippen molar-refractivity contribution in [1.82, 2.24) is 4.90 Å². The molecule has 0 heterocycles. The zero-order chi connectivity index (χ0) is 14.5. The van der Waals surface area contributed by atoms with Gasteiger partial charge in [-0.1, -0.05) is 12.8 Å². The fourth-order valence-corrected chi connectivity index (χ4v) is 2.75. The Morgan fingerprint density at radius 2 is 2.10 bits per heavy atom. The molecule has 0 aromatic heterocycles. The number of amides is 1. The third kappa shape index (κ3) is 3.04. The number of benzene rings is 1. The highest BCUT2D eigenvalue weighted by Gasteiger charge is 2.28. The second-order valence-electron chi connectivity index (χ2n) is 5.04. The van der Waals surface area contributed by atoms with Crippen LogP contribution in [0.3, 0.4) is 0 Å². The number of phenols is 1. The van der Waals surface area contributed by atoms with Gasteiger partial charge in [-0.15, -0.1) is 0 Å². The number of hydrogen-bond acceptors (Lipinski definition) is 4. The highest BCUT2D eigenvalue weighted by atomic mass is 16.5. The third-order valence-corrected chi connectivity index (χ3v) is 3.80. The van der Waals surface area contributed by atoms with Crippen LogP contribution in [0.25, 0.3) is 0 Å². The summed E-state index contributed by atoms with van der Waals surface area (Å²) in [6.07, 6.45) is 4.13. The lowest BCUT2D eigenvalue weighted by atomic mass is 10.1. The van der Waals surface area contributed by atoms with Gasteiger partial charge in [0.25, 0.3) is 5.91 Å². The predicted octanol–water partition coefficient (Wildman–Crippen LogP) is 1.78. The Morgan fingerprint density at radius 1 is 1.40 bits per heavy atom. The Morgan fingerprint density at radius 3 is 2.65 bits per heavy atom. The molecule has 0 radical (unpaired) electrons. The third-order valence-electron chi connectivity index (χ3n) is 3.80. The summed E-state index contributed by atoms with van der Waals surface area (Å²) in [6, 6.07) is 4.81. The molecule has 2 N–H and O–H groups in total. The van der Waals surface area contributed by atoms with Crippen molar-refractivity contribution in [3.63, 3.8) is 0 Å². The number of carbonyl (C=O) groups is 1. The van der Waals surface area contributed by atoms with Gasteiger partial charge < -0.3 is 19.8 Å². The van der Waals surface area contributed by atoms with Gasteiger partial charge in [0.2, 0.25) is 0 Å². The minimum absolute atomic E-state index is 0.0703. The zero-order valence-corrected chi connectivity index (χ0v) is 11.7. The molecule has 1 aliphatic rings. The number of nitrogens with zero attached hydrogens (tertiary/aromatic N) is 1. The molecule has 1 fully saturated rings. The Kier molecular flexibility index (Phi) is 4.84. The molecule has 110 valence electrons. The smallest absolute Gasteiger partial charge is 0.257 e. The van der Waals surface area contributed by atoms with Gasteiger partial charge in [-0.05, 0) is 25.0 Å². The number of rotatable bonds is 5. The van der Waals surface area contributed by atoms with E-state index in [0.717, 1.165) is 25.7 Å². The first-order chi connectivity index (χ1) is 9.67. The molecule has 1 aliphatic carbocycles. The number of phenolic OH excluding ortho intramolecular Hbond substituents is 1. The lowest BCUT2D eigenvalue weighted by Gasteiger charge is -2.28. The summed E-state index contributed by atoms with van der Waals surface area (Å²) in [4.78, 5) is 14.2. The molecule has 0 atom stereocenters. The highest BCUT2D eigenvalue weighted by molar-refractivity contribution is 5.97. The van der Waals surface area contributed by atoms with Crippen LogP contribution in [-0.2, 0) is 0 Å². The van der Waals surface area contributed by atoms with Gasteiger partial charge in [-0.3, -0.25) is 4.79 Å². The summed E-state index contributed by atoms with van der Waals surface area (Å²) >= 11 is 0. The van der Waals surface area contributed by atoms with Crippen LogP contribution in [0.1, 0.15) is 36.0 Å². The average molecular weight is 279 g/mol. The van der Waals surface area contributed by atoms with Crippen molar-refractivity contribution in [3.05, 3.63) is 23.8 Å². The fraction of sp³-hybridized carbons (Fsp3) is 0.533. The van der Waals surface area contributed by atoms with Gasteiger partial charge in [-0.25, -0.2) is 0 Å². The van der Waals surface area contributed by atoms with Crippen molar-refractivity contribution >= 4 is 5.91 Å². The first-order valence-electron chi connectivity index (χ1n) is 6.96. The maximum absolute atomic E-state index is 12.6. The molecule has 1 amide bonds. The van der Waals surface area contributed by atoms with Gasteiger partial charge in [-0.2, -0.15) is 0 Å². The van der Waals surface area contributed by atoms with Crippen LogP contribution < -0.4 is 4.74 Å². The van der Waals surface area contributed by atoms with E-state index in [4.69, 9.17) is 9.84 Å². The van der Waals surface area contributed by atoms with E-state index in [1.165, 1.54) is 13.2 Å². The quantitative estimate of drug-likeness (QED) is 0.862. The Balaban J connectivity index is 2.22. The van der Waals surface area contributed by atoms with Crippen molar-refractivity contribution in [1.29, 1.82) is 0 Å². The van der Waals surface area contributed by atoms with E-state index in [9.17, 15) is 9.90 Å². The first-order valence-corrected chi connectivity index (χ1v) is 6.96. The Hall–Kier alpha value is -1.75. The van der Waals surface area contributed by atoms with Crippen molar-refractivity contribution in [2.24, 2.45) is 0 Å². The van der Waals surface area contributed by atoms with Gasteiger partial charge in [0, 0.05) is 18.7 Å². The normalized spacial score (nSPS) is 15.3. The SMILES string of the molecule is COc1ccc(C(=O)N(CCO)C2CCCC2)c(O)c1. The lowest BCUT2D eigenvalue weighted by Crippen LogP contribution is -2.40.